The smallest absolute Gasteiger partial charge is 0.144 e. The summed E-state index contributed by atoms with van der Waals surface area (Å²) < 4.78 is 16.0. The first-order chi connectivity index (χ1) is 6.89. The highest BCUT2D eigenvalue weighted by Gasteiger charge is 2.25. The van der Waals surface area contributed by atoms with E-state index in [1.807, 2.05) is 39.0 Å². The first-order valence-corrected chi connectivity index (χ1v) is 6.38. The van der Waals surface area contributed by atoms with E-state index in [1.165, 1.54) is 6.21 Å². The molecule has 0 saturated heterocycles. The standard InChI is InChI=1S/C10H13BrN2OS/c1-10(2,3)15(14)12-7-8-5-4-6-9(11)13-8/h4-7H,1-3H3/b12-7+/t15-/m0/s1. The van der Waals surface area contributed by atoms with E-state index in [-0.39, 0.29) is 4.75 Å². The molecule has 1 rings (SSSR count). The molecule has 0 N–H and O–H groups in total. The Kier molecular flexibility index (Phi) is 4.31. The van der Waals surface area contributed by atoms with Crippen LogP contribution >= 0.6 is 15.9 Å². The zero-order valence-electron chi connectivity index (χ0n) is 8.90. The fourth-order valence-corrected chi connectivity index (χ4v) is 1.63. The van der Waals surface area contributed by atoms with Crippen LogP contribution in [0.25, 0.3) is 0 Å². The predicted molar refractivity (Wildman–Crippen MR) is 67.4 cm³/mol. The number of halogens is 1. The van der Waals surface area contributed by atoms with E-state index in [0.717, 1.165) is 4.60 Å². The predicted octanol–water partition coefficient (Wildman–Crippen LogP) is 2.73. The van der Waals surface area contributed by atoms with Crippen LogP contribution in [0.3, 0.4) is 0 Å². The third-order valence-corrected chi connectivity index (χ3v) is 3.33. The Morgan fingerprint density at radius 3 is 2.67 bits per heavy atom. The van der Waals surface area contributed by atoms with Crippen molar-refractivity contribution in [2.45, 2.75) is 25.5 Å². The van der Waals surface area contributed by atoms with Crippen molar-refractivity contribution in [2.75, 3.05) is 0 Å². The molecule has 82 valence electrons. The maximum Gasteiger partial charge on any atom is 0.144 e. The molecule has 0 saturated carbocycles. The van der Waals surface area contributed by atoms with Crippen molar-refractivity contribution in [3.63, 3.8) is 0 Å². The SMILES string of the molecule is CC(C)(C)[S@+]([O-])/N=C/c1cccc(Br)n1. The molecule has 0 aromatic carbocycles. The summed E-state index contributed by atoms with van der Waals surface area (Å²) >= 11 is 2.03. The van der Waals surface area contributed by atoms with E-state index in [1.54, 1.807) is 0 Å². The average molecular weight is 289 g/mol. The molecule has 0 unspecified atom stereocenters. The molecule has 0 bridgehead atoms. The second-order valence-corrected chi connectivity index (χ2v) is 6.73. The largest absolute Gasteiger partial charge is 0.591 e. The molecule has 0 spiro atoms. The van der Waals surface area contributed by atoms with Gasteiger partial charge >= 0.3 is 0 Å². The topological polar surface area (TPSA) is 48.3 Å². The van der Waals surface area contributed by atoms with E-state index in [2.05, 4.69) is 25.3 Å². The van der Waals surface area contributed by atoms with Gasteiger partial charge in [0.05, 0.1) is 5.69 Å². The monoisotopic (exact) mass is 288 g/mol. The van der Waals surface area contributed by atoms with Crippen molar-refractivity contribution < 1.29 is 4.55 Å². The van der Waals surface area contributed by atoms with Crippen molar-refractivity contribution in [3.05, 3.63) is 28.5 Å². The number of rotatable bonds is 2. The maximum absolute atomic E-state index is 11.6. The van der Waals surface area contributed by atoms with E-state index in [9.17, 15) is 4.55 Å². The Labute approximate surface area is 101 Å². The van der Waals surface area contributed by atoms with Crippen LogP contribution in [-0.4, -0.2) is 20.5 Å². The first kappa shape index (κ1) is 12.7. The minimum Gasteiger partial charge on any atom is -0.591 e. The van der Waals surface area contributed by atoms with Gasteiger partial charge in [-0.25, -0.2) is 4.98 Å². The lowest BCUT2D eigenvalue weighted by atomic mass is 10.3. The Hall–Kier alpha value is -0.390. The van der Waals surface area contributed by atoms with Gasteiger partial charge in [0.15, 0.2) is 0 Å². The van der Waals surface area contributed by atoms with Crippen molar-refractivity contribution in [3.8, 4) is 0 Å². The Balaban J connectivity index is 2.74. The number of aromatic nitrogens is 1. The molecule has 3 nitrogen and oxygen atoms in total. The van der Waals surface area contributed by atoms with Gasteiger partial charge in [-0.3, -0.25) is 0 Å². The van der Waals surface area contributed by atoms with Gasteiger partial charge < -0.3 is 4.55 Å². The van der Waals surface area contributed by atoms with Crippen LogP contribution in [0, 0.1) is 0 Å². The second kappa shape index (κ2) is 5.09. The zero-order valence-corrected chi connectivity index (χ0v) is 11.3. The second-order valence-electron chi connectivity index (χ2n) is 3.98. The van der Waals surface area contributed by atoms with Crippen molar-refractivity contribution in [1.29, 1.82) is 0 Å². The number of nitrogens with zero attached hydrogens (tertiary/aromatic N) is 2. The highest BCUT2D eigenvalue weighted by atomic mass is 79.9. The normalized spacial score (nSPS) is 14.5. The van der Waals surface area contributed by atoms with Gasteiger partial charge in [0.2, 0.25) is 0 Å². The Morgan fingerprint density at radius 1 is 1.47 bits per heavy atom. The summed E-state index contributed by atoms with van der Waals surface area (Å²) in [5.74, 6) is 0. The zero-order chi connectivity index (χ0) is 11.5. The third kappa shape index (κ3) is 4.32. The van der Waals surface area contributed by atoms with Crippen LogP contribution in [-0.2, 0) is 11.4 Å². The van der Waals surface area contributed by atoms with Crippen molar-refractivity contribution >= 4 is 33.5 Å². The quantitative estimate of drug-likeness (QED) is 0.477. The fraction of sp³-hybridized carbons (Fsp3) is 0.400. The molecule has 0 amide bonds. The summed E-state index contributed by atoms with van der Waals surface area (Å²) in [4.78, 5) is 4.16. The molecule has 1 aromatic heterocycles. The molecule has 0 aliphatic rings. The number of pyridine rings is 1. The van der Waals surface area contributed by atoms with Gasteiger partial charge in [-0.15, -0.1) is 0 Å². The minimum absolute atomic E-state index is 0.331. The molecule has 1 atom stereocenters. The molecular weight excluding hydrogens is 276 g/mol. The Morgan fingerprint density at radius 2 is 2.13 bits per heavy atom. The molecule has 0 fully saturated rings. The summed E-state index contributed by atoms with van der Waals surface area (Å²) in [6, 6.07) is 5.50. The van der Waals surface area contributed by atoms with E-state index in [4.69, 9.17) is 0 Å². The molecule has 0 aliphatic heterocycles. The van der Waals surface area contributed by atoms with E-state index >= 15 is 0 Å². The highest BCUT2D eigenvalue weighted by molar-refractivity contribution is 9.10. The van der Waals surface area contributed by atoms with Gasteiger partial charge in [-0.05, 0) is 48.8 Å². The molecule has 5 heteroatoms. The van der Waals surface area contributed by atoms with Crippen molar-refractivity contribution in [1.82, 2.24) is 4.98 Å². The van der Waals surface area contributed by atoms with Crippen LogP contribution in [0.1, 0.15) is 26.5 Å². The number of hydrogen-bond acceptors (Lipinski definition) is 3. The first-order valence-electron chi connectivity index (χ1n) is 4.48. The Bertz CT molecular complexity index is 363. The minimum atomic E-state index is -1.23. The average Bonchev–Trinajstić information content (AvgIpc) is 2.12. The summed E-state index contributed by atoms with van der Waals surface area (Å²) in [5.41, 5.74) is 0.696. The maximum atomic E-state index is 11.6. The lowest BCUT2D eigenvalue weighted by Crippen LogP contribution is -2.25. The molecule has 0 radical (unpaired) electrons. The third-order valence-electron chi connectivity index (χ3n) is 1.54. The van der Waals surface area contributed by atoms with Gasteiger partial charge in [-0.2, -0.15) is 0 Å². The van der Waals surface area contributed by atoms with Gasteiger partial charge in [-0.1, -0.05) is 10.5 Å². The lowest BCUT2D eigenvalue weighted by Gasteiger charge is -2.17. The summed E-state index contributed by atoms with van der Waals surface area (Å²) in [6.07, 6.45) is 1.53. The number of hydrogen-bond donors (Lipinski definition) is 0. The molecule has 1 heterocycles. The molecule has 15 heavy (non-hydrogen) atoms. The van der Waals surface area contributed by atoms with Crippen LogP contribution < -0.4 is 0 Å². The van der Waals surface area contributed by atoms with Crippen LogP contribution in [0.15, 0.2) is 27.2 Å². The van der Waals surface area contributed by atoms with E-state index in [0.29, 0.717) is 5.69 Å². The lowest BCUT2D eigenvalue weighted by molar-refractivity contribution is 0.562. The van der Waals surface area contributed by atoms with E-state index < -0.39 is 11.4 Å². The van der Waals surface area contributed by atoms with Gasteiger partial charge in [0.25, 0.3) is 0 Å². The van der Waals surface area contributed by atoms with Crippen LogP contribution in [0.2, 0.25) is 0 Å². The summed E-state index contributed by atoms with van der Waals surface area (Å²) in [6.45, 7) is 5.65. The molecule has 1 aromatic rings. The highest BCUT2D eigenvalue weighted by Crippen LogP contribution is 2.16. The summed E-state index contributed by atoms with van der Waals surface area (Å²) in [7, 11) is 0. The van der Waals surface area contributed by atoms with Gasteiger partial charge in [0.1, 0.15) is 26.9 Å². The molecule has 0 aliphatic carbocycles. The fourth-order valence-electron chi connectivity index (χ4n) is 0.756. The van der Waals surface area contributed by atoms with Crippen molar-refractivity contribution in [2.24, 2.45) is 4.40 Å². The van der Waals surface area contributed by atoms with Crippen LogP contribution in [0.5, 0.6) is 0 Å². The summed E-state index contributed by atoms with van der Waals surface area (Å²) in [5, 5.41) is 0. The molecular formula is C10H13BrN2OS. The van der Waals surface area contributed by atoms with Gasteiger partial charge in [0, 0.05) is 0 Å². The van der Waals surface area contributed by atoms with Crippen LogP contribution in [0.4, 0.5) is 0 Å².